The number of primary amides is 1. The van der Waals surface area contributed by atoms with E-state index in [-0.39, 0.29) is 110 Å². The highest BCUT2D eigenvalue weighted by Crippen LogP contribution is 2.34. The highest BCUT2D eigenvalue weighted by molar-refractivity contribution is 7.09. The summed E-state index contributed by atoms with van der Waals surface area (Å²) in [4.78, 5) is 138. The normalized spacial score (nSPS) is 16.5. The molecule has 8 amide bonds. The summed E-state index contributed by atoms with van der Waals surface area (Å²) in [7, 11) is 6.33. The molecule has 92 heavy (non-hydrogen) atoms. The van der Waals surface area contributed by atoms with Gasteiger partial charge in [0.05, 0.1) is 48.4 Å². The Bertz CT molecular complexity index is 2790. The molecular formula is C68H106N10O13S. The fraction of sp³-hybridized carbons (Fsp3) is 0.647. The van der Waals surface area contributed by atoms with Crippen LogP contribution in [0.3, 0.4) is 0 Å². The summed E-state index contributed by atoms with van der Waals surface area (Å²) in [6, 6.07) is 12.0. The summed E-state index contributed by atoms with van der Waals surface area (Å²) in [5, 5.41) is 13.7. The Morgan fingerprint density at radius 2 is 1.47 bits per heavy atom. The summed E-state index contributed by atoms with van der Waals surface area (Å²) < 4.78 is 18.0. The zero-order valence-electron chi connectivity index (χ0n) is 56.6. The molecule has 1 aliphatic rings. The Morgan fingerprint density at radius 3 is 2.05 bits per heavy atom. The molecule has 3 aromatic rings. The van der Waals surface area contributed by atoms with Crippen molar-refractivity contribution in [2.75, 3.05) is 53.3 Å². The van der Waals surface area contributed by atoms with Crippen LogP contribution >= 0.6 is 11.3 Å². The third kappa shape index (κ3) is 23.9. The largest absolute Gasteiger partial charge is 0.445 e. The minimum Gasteiger partial charge on any atom is -0.445 e. The average Bonchev–Trinajstić information content (AvgIpc) is 1.35. The highest BCUT2D eigenvalue weighted by Gasteiger charge is 2.44. The third-order valence-electron chi connectivity index (χ3n) is 17.8. The number of benzene rings is 2. The number of nitrogens with two attached hydrogens (primary N) is 2. The molecule has 1 saturated heterocycles. The fourth-order valence-corrected chi connectivity index (χ4v) is 13.1. The van der Waals surface area contributed by atoms with Crippen LogP contribution < -0.4 is 32.9 Å². The number of urea groups is 1. The van der Waals surface area contributed by atoms with Crippen molar-refractivity contribution in [1.82, 2.24) is 35.6 Å². The highest BCUT2D eigenvalue weighted by atomic mass is 32.1. The zero-order chi connectivity index (χ0) is 68.2. The van der Waals surface area contributed by atoms with Crippen LogP contribution in [0.1, 0.15) is 161 Å². The molecule has 0 aliphatic carbocycles. The Balaban J connectivity index is 1.40. The summed E-state index contributed by atoms with van der Waals surface area (Å²) in [5.41, 5.74) is 7.30. The van der Waals surface area contributed by atoms with Crippen molar-refractivity contribution in [1.29, 1.82) is 0 Å². The molecule has 0 saturated carbocycles. The number of rotatable bonds is 41. The maximum Gasteiger partial charge on any atom is 0.410 e. The van der Waals surface area contributed by atoms with Crippen molar-refractivity contribution in [2.45, 2.75) is 201 Å². The van der Waals surface area contributed by atoms with Crippen LogP contribution in [0.5, 0.6) is 0 Å². The predicted octanol–water partition coefficient (Wildman–Crippen LogP) is 8.34. The number of thiazole rings is 1. The molecule has 11 atom stereocenters. The lowest BCUT2D eigenvalue weighted by atomic mass is 9.83. The number of hydrogen-bond donors (Lipinski definition) is 6. The van der Waals surface area contributed by atoms with Crippen LogP contribution in [0.15, 0.2) is 66.2 Å². The summed E-state index contributed by atoms with van der Waals surface area (Å²) in [6.45, 7) is 17.7. The van der Waals surface area contributed by atoms with Gasteiger partial charge in [0, 0.05) is 95.7 Å². The van der Waals surface area contributed by atoms with E-state index < -0.39 is 72.1 Å². The van der Waals surface area contributed by atoms with Crippen molar-refractivity contribution in [3.8, 4) is 0 Å². The van der Waals surface area contributed by atoms with Gasteiger partial charge in [-0.2, -0.15) is 0 Å². The van der Waals surface area contributed by atoms with Gasteiger partial charge in [-0.15, -0.1) is 11.3 Å². The number of hydrogen-bond acceptors (Lipinski definition) is 16. The van der Waals surface area contributed by atoms with Crippen molar-refractivity contribution in [3.63, 3.8) is 0 Å². The molecule has 2 aromatic carbocycles. The van der Waals surface area contributed by atoms with E-state index in [0.717, 1.165) is 17.0 Å². The Labute approximate surface area is 549 Å². The molecular weight excluding hydrogens is 1200 g/mol. The molecule has 0 spiro atoms. The molecule has 1 aliphatic heterocycles. The number of aromatic nitrogens is 1. The second-order valence-corrected chi connectivity index (χ2v) is 26.5. The van der Waals surface area contributed by atoms with E-state index in [0.29, 0.717) is 69.3 Å². The zero-order valence-corrected chi connectivity index (χ0v) is 57.4. The van der Waals surface area contributed by atoms with Gasteiger partial charge in [0.2, 0.25) is 29.5 Å². The van der Waals surface area contributed by atoms with Gasteiger partial charge in [0.1, 0.15) is 24.5 Å². The van der Waals surface area contributed by atoms with Crippen molar-refractivity contribution in [3.05, 3.63) is 82.3 Å². The maximum atomic E-state index is 14.9. The quantitative estimate of drug-likeness (QED) is 0.0230. The van der Waals surface area contributed by atoms with E-state index in [1.165, 1.54) is 23.3 Å². The molecule has 512 valence electrons. The van der Waals surface area contributed by atoms with Gasteiger partial charge in [-0.25, -0.2) is 20.5 Å². The number of carbonyl (C=O) groups is 9. The number of unbranched alkanes of at least 4 members (excludes halogenated alkanes) is 2. The van der Waals surface area contributed by atoms with E-state index in [2.05, 4.69) is 43.2 Å². The summed E-state index contributed by atoms with van der Waals surface area (Å²) >= 11 is 1.54. The first-order valence-corrected chi connectivity index (χ1v) is 33.5. The van der Waals surface area contributed by atoms with Crippen LogP contribution in [0, 0.1) is 35.5 Å². The molecule has 0 unspecified atom stereocenters. The first kappa shape index (κ1) is 77.6. The molecule has 2 heterocycles. The molecule has 4 rings (SSSR count). The van der Waals surface area contributed by atoms with E-state index in [4.69, 9.17) is 25.8 Å². The number of amides is 8. The van der Waals surface area contributed by atoms with Crippen molar-refractivity contribution >= 4 is 70.3 Å². The van der Waals surface area contributed by atoms with E-state index >= 15 is 0 Å². The number of Topliss-reactive ketones (excluding diaryl/α,β-unsaturated/α-hetero) is 2. The van der Waals surface area contributed by atoms with E-state index in [1.54, 1.807) is 70.5 Å². The van der Waals surface area contributed by atoms with Crippen molar-refractivity contribution < 1.29 is 62.2 Å². The van der Waals surface area contributed by atoms with Gasteiger partial charge < -0.3 is 60.7 Å². The topological polar surface area (TPSA) is 313 Å². The third-order valence-corrected chi connectivity index (χ3v) is 18.7. The fourth-order valence-electron chi connectivity index (χ4n) is 12.3. The number of methoxy groups -OCH3 is 2. The second-order valence-electron chi connectivity index (χ2n) is 25.5. The Kier molecular flexibility index (Phi) is 33.4. The number of nitrogens with zero attached hydrogens (tertiary/aromatic N) is 4. The Hall–Kier alpha value is -6.86. The summed E-state index contributed by atoms with van der Waals surface area (Å²) in [5.74, 6) is 0.427. The number of ether oxygens (including phenoxy) is 3. The van der Waals surface area contributed by atoms with Crippen LogP contribution in [-0.2, 0) is 65.6 Å². The molecule has 8 N–H and O–H groups in total. The van der Waals surface area contributed by atoms with E-state index in [1.807, 2.05) is 76.9 Å². The molecule has 24 heteroatoms. The monoisotopic (exact) mass is 1300 g/mol. The Morgan fingerprint density at radius 1 is 0.772 bits per heavy atom. The van der Waals surface area contributed by atoms with Crippen LogP contribution in [0.4, 0.5) is 15.3 Å². The smallest absolute Gasteiger partial charge is 0.410 e. The molecule has 1 fully saturated rings. The predicted molar refractivity (Wildman–Crippen MR) is 354 cm³/mol. The lowest BCUT2D eigenvalue weighted by molar-refractivity contribution is -0.149. The molecule has 0 radical (unpaired) electrons. The maximum absolute atomic E-state index is 14.9. The van der Waals surface area contributed by atoms with Gasteiger partial charge >= 0.3 is 12.1 Å². The minimum atomic E-state index is -1.06. The van der Waals surface area contributed by atoms with Gasteiger partial charge in [-0.05, 0) is 91.9 Å². The molecule has 23 nitrogen and oxygen atoms in total. The number of nitrogens with one attached hydrogen (secondary N) is 4. The molecule has 0 bridgehead atoms. The van der Waals surface area contributed by atoms with Gasteiger partial charge in [-0.1, -0.05) is 118 Å². The summed E-state index contributed by atoms with van der Waals surface area (Å²) in [6.07, 6.45) is 5.10. The van der Waals surface area contributed by atoms with E-state index in [9.17, 15) is 43.2 Å². The SMILES string of the molecule is CC[C@H](C)[C@@H]([C@@H](CC(=O)N1CCC[C@H]1[C@H](OC)[C@@H](C)C(=O)C[C@@H](Cc1ccccc1)c1nccs1)OC)N(C)C(=O)[C@@H](CC(=O)[C@H](C(C)C)N(C)C(=O)OCc1ccc(NC(=O)[C@H](CCCNC(N)=O)NC(=O)[C@@H](NC(=O)CCCCCON)C(C)C)cc1)C(C)C. The number of likely N-dealkylation sites (N-methyl/N-ethyl adjacent to an activating group) is 2. The van der Waals surface area contributed by atoms with Crippen LogP contribution in [0.2, 0.25) is 0 Å². The lowest BCUT2D eigenvalue weighted by Gasteiger charge is -2.41. The van der Waals surface area contributed by atoms with Crippen LogP contribution in [-0.4, -0.2) is 163 Å². The first-order chi connectivity index (χ1) is 43.8. The minimum absolute atomic E-state index is 0.0323. The van der Waals surface area contributed by atoms with Gasteiger partial charge in [-0.3, -0.25) is 33.6 Å². The lowest BCUT2D eigenvalue weighted by Crippen LogP contribution is -2.54. The number of ketones is 2. The molecule has 1 aromatic heterocycles. The number of likely N-dealkylation sites (tertiary alicyclic amines) is 1. The van der Waals surface area contributed by atoms with Crippen LogP contribution in [0.25, 0.3) is 0 Å². The standard InChI is InChI=1S/C68H106N10O13S/c1-14-45(8)61(56(88-12)40-58(82)78-34-22-26-53(78)62(89-13)46(9)54(79)38-49(65-71-33-36-92-65)37-47-23-17-15-18-24-47)76(10)66(85)51(42(2)3)39-55(80)60(44(6)7)77(11)68(87)90-41-48-28-30-50(31-29-48)73-63(83)52(25-21-32-72-67(69)86)74-64(84)59(43(4)5)75-57(81)27-19-16-20-35-91-70/h15,17-18,23-24,28-31,33,36,42-46,49,51-53,56,59-62H,14,16,19-22,25-27,32,34-35,37-41,70H2,1-13H3,(H,73,83)(H,74,84)(H,75,81)(H3,69,72,86)/t45-,46-,49+,51-,52-,53-,56+,59-,60-,61-,62+/m0/s1. The first-order valence-electron chi connectivity index (χ1n) is 32.6. The van der Waals surface area contributed by atoms with Gasteiger partial charge in [0.15, 0.2) is 5.78 Å². The number of carbonyl (C=O) groups excluding carboxylic acids is 9. The number of anilines is 1. The second kappa shape index (κ2) is 39.6. The average molecular weight is 1300 g/mol. The van der Waals surface area contributed by atoms with Crippen molar-refractivity contribution in [2.24, 2.45) is 47.1 Å². The van der Waals surface area contributed by atoms with Gasteiger partial charge in [0.25, 0.3) is 0 Å².